The van der Waals surface area contributed by atoms with Crippen molar-refractivity contribution in [3.05, 3.63) is 34.9 Å². The van der Waals surface area contributed by atoms with Gasteiger partial charge < -0.3 is 19.3 Å². The van der Waals surface area contributed by atoms with Crippen molar-refractivity contribution >= 4 is 5.97 Å². The Morgan fingerprint density at radius 3 is 2.67 bits per heavy atom. The number of aliphatic hydroxyl groups excluding tert-OH is 1. The van der Waals surface area contributed by atoms with E-state index in [0.717, 1.165) is 43.7 Å². The molecule has 0 spiro atoms. The fraction of sp³-hybridized carbons (Fsp3) is 0.667. The largest absolute Gasteiger partial charge is 0.493 e. The van der Waals surface area contributed by atoms with Crippen LogP contribution in [0, 0.1) is 23.2 Å². The molecule has 33 heavy (non-hydrogen) atoms. The number of esters is 1. The van der Waals surface area contributed by atoms with Crippen LogP contribution in [-0.2, 0) is 16.0 Å². The number of allylic oxidation sites excluding steroid dienone is 1. The Bertz CT molecular complexity index is 974. The van der Waals surface area contributed by atoms with Gasteiger partial charge in [0.05, 0.1) is 26.2 Å². The topological polar surface area (TPSA) is 68.2 Å². The third-order valence-electron chi connectivity index (χ3n) is 9.31. The third kappa shape index (κ3) is 3.40. The van der Waals surface area contributed by atoms with Gasteiger partial charge in [0.1, 0.15) is 6.10 Å². The first-order chi connectivity index (χ1) is 15.8. The molecule has 0 radical (unpaired) electrons. The van der Waals surface area contributed by atoms with Crippen LogP contribution in [0.25, 0.3) is 0 Å². The summed E-state index contributed by atoms with van der Waals surface area (Å²) in [7, 11) is 3.32. The smallest absolute Gasteiger partial charge is 0.311 e. The minimum absolute atomic E-state index is 0.140. The summed E-state index contributed by atoms with van der Waals surface area (Å²) in [6.45, 7) is 8.09. The van der Waals surface area contributed by atoms with Gasteiger partial charge in [0, 0.05) is 36.9 Å². The number of hydrogen-bond donors (Lipinski definition) is 1. The third-order valence-corrected chi connectivity index (χ3v) is 9.31. The maximum atomic E-state index is 13.1. The minimum Gasteiger partial charge on any atom is -0.493 e. The molecule has 4 aliphatic rings. The van der Waals surface area contributed by atoms with E-state index in [-0.39, 0.29) is 35.4 Å². The number of rotatable bonds is 4. The van der Waals surface area contributed by atoms with E-state index < -0.39 is 6.10 Å². The molecule has 6 nitrogen and oxygen atoms in total. The Labute approximate surface area is 196 Å². The molecule has 1 N–H and O–H groups in total. The van der Waals surface area contributed by atoms with Crippen molar-refractivity contribution in [2.75, 3.05) is 27.3 Å². The molecule has 0 amide bonds. The first-order valence-corrected chi connectivity index (χ1v) is 12.4. The van der Waals surface area contributed by atoms with Crippen molar-refractivity contribution in [2.24, 2.45) is 23.2 Å². The van der Waals surface area contributed by atoms with E-state index in [9.17, 15) is 9.90 Å². The standard InChI is InChI=1S/C27H37NO5/c1-15-7-6-8-18-12-23-24(25(29)27(15,18)3)20(26(30)33-23)14-28-10-9-17-11-21(31-4)22(32-5)13-19(17)16(28)2/h8,11,13,15-16,20,23-25,29H,6-7,9-10,12,14H2,1-5H3/t15-,16+,20?,23-,24-,25+,27-/m1/s1. The van der Waals surface area contributed by atoms with E-state index in [1.165, 1.54) is 16.7 Å². The molecule has 1 saturated carbocycles. The summed E-state index contributed by atoms with van der Waals surface area (Å²) in [4.78, 5) is 15.4. The monoisotopic (exact) mass is 455 g/mol. The normalized spacial score (nSPS) is 38.0. The van der Waals surface area contributed by atoms with Gasteiger partial charge >= 0.3 is 5.97 Å². The zero-order valence-corrected chi connectivity index (χ0v) is 20.5. The van der Waals surface area contributed by atoms with Gasteiger partial charge in [-0.1, -0.05) is 25.5 Å². The number of fused-ring (bicyclic) bond motifs is 3. The molecule has 2 heterocycles. The second kappa shape index (κ2) is 8.31. The first kappa shape index (κ1) is 22.7. The summed E-state index contributed by atoms with van der Waals surface area (Å²) in [6, 6.07) is 4.28. The van der Waals surface area contributed by atoms with Gasteiger partial charge in [0.15, 0.2) is 11.5 Å². The fourth-order valence-corrected chi connectivity index (χ4v) is 6.97. The van der Waals surface area contributed by atoms with Crippen LogP contribution < -0.4 is 9.47 Å². The summed E-state index contributed by atoms with van der Waals surface area (Å²) in [6.07, 6.45) is 5.29. The average molecular weight is 456 g/mol. The molecule has 6 heteroatoms. The van der Waals surface area contributed by atoms with E-state index in [1.807, 2.05) is 0 Å². The fourth-order valence-electron chi connectivity index (χ4n) is 6.97. The summed E-state index contributed by atoms with van der Waals surface area (Å²) >= 11 is 0. The molecule has 1 aromatic carbocycles. The van der Waals surface area contributed by atoms with Crippen molar-refractivity contribution in [2.45, 2.75) is 64.7 Å². The Kier molecular flexibility index (Phi) is 5.73. The molecule has 5 rings (SSSR count). The van der Waals surface area contributed by atoms with Gasteiger partial charge in [-0.3, -0.25) is 9.69 Å². The van der Waals surface area contributed by atoms with Crippen molar-refractivity contribution in [3.8, 4) is 11.5 Å². The highest BCUT2D eigenvalue weighted by molar-refractivity contribution is 5.76. The quantitative estimate of drug-likeness (QED) is 0.549. The van der Waals surface area contributed by atoms with E-state index in [4.69, 9.17) is 14.2 Å². The van der Waals surface area contributed by atoms with Crippen molar-refractivity contribution in [1.82, 2.24) is 4.90 Å². The maximum absolute atomic E-state index is 13.1. The van der Waals surface area contributed by atoms with Crippen LogP contribution >= 0.6 is 0 Å². The number of nitrogens with zero attached hydrogens (tertiary/aromatic N) is 1. The Hall–Kier alpha value is -2.05. The van der Waals surface area contributed by atoms with Crippen LogP contribution in [0.2, 0.25) is 0 Å². The molecule has 1 unspecified atom stereocenters. The number of methoxy groups -OCH3 is 2. The zero-order valence-electron chi connectivity index (χ0n) is 20.5. The molecule has 2 aliphatic heterocycles. The summed E-state index contributed by atoms with van der Waals surface area (Å²) in [5, 5.41) is 11.6. The Balaban J connectivity index is 1.40. The SMILES string of the molecule is COc1cc2c(cc1OC)[C@H](C)N(CC1C(=O)O[C@@H]3CC4=CCC[C@@H](C)[C@@]4(C)[C@@H](O)[C@H]13)CC2. The molecular formula is C27H37NO5. The molecule has 2 aliphatic carbocycles. The van der Waals surface area contributed by atoms with E-state index in [2.05, 4.69) is 43.9 Å². The average Bonchev–Trinajstić information content (AvgIpc) is 3.11. The predicted molar refractivity (Wildman–Crippen MR) is 125 cm³/mol. The van der Waals surface area contributed by atoms with Crippen LogP contribution in [0.1, 0.15) is 57.2 Å². The van der Waals surface area contributed by atoms with Crippen LogP contribution in [0.4, 0.5) is 0 Å². The summed E-state index contributed by atoms with van der Waals surface area (Å²) in [5.74, 6) is 1.27. The van der Waals surface area contributed by atoms with Gasteiger partial charge in [-0.05, 0) is 55.4 Å². The van der Waals surface area contributed by atoms with E-state index in [1.54, 1.807) is 14.2 Å². The highest BCUT2D eigenvalue weighted by Crippen LogP contribution is 2.56. The lowest BCUT2D eigenvalue weighted by Gasteiger charge is -2.52. The Morgan fingerprint density at radius 2 is 1.94 bits per heavy atom. The zero-order chi connectivity index (χ0) is 23.5. The Morgan fingerprint density at radius 1 is 1.21 bits per heavy atom. The van der Waals surface area contributed by atoms with Gasteiger partial charge in [-0.25, -0.2) is 0 Å². The van der Waals surface area contributed by atoms with Gasteiger partial charge in [0.25, 0.3) is 0 Å². The molecule has 1 aromatic rings. The van der Waals surface area contributed by atoms with Gasteiger partial charge in [-0.2, -0.15) is 0 Å². The van der Waals surface area contributed by atoms with E-state index in [0.29, 0.717) is 12.5 Å². The highest BCUT2D eigenvalue weighted by Gasteiger charge is 2.60. The number of aliphatic hydroxyl groups is 1. The van der Waals surface area contributed by atoms with Crippen LogP contribution in [0.3, 0.4) is 0 Å². The lowest BCUT2D eigenvalue weighted by Crippen LogP contribution is -2.55. The van der Waals surface area contributed by atoms with Crippen LogP contribution in [0.15, 0.2) is 23.8 Å². The summed E-state index contributed by atoms with van der Waals surface area (Å²) in [5.41, 5.74) is 3.49. The second-order valence-electron chi connectivity index (χ2n) is 10.6. The number of benzene rings is 1. The molecule has 7 atom stereocenters. The molecule has 0 bridgehead atoms. The summed E-state index contributed by atoms with van der Waals surface area (Å²) < 4.78 is 16.9. The van der Waals surface area contributed by atoms with Crippen LogP contribution in [-0.4, -0.2) is 55.5 Å². The number of ether oxygens (including phenoxy) is 3. The van der Waals surface area contributed by atoms with Crippen molar-refractivity contribution in [3.63, 3.8) is 0 Å². The predicted octanol–water partition coefficient (Wildman–Crippen LogP) is 3.91. The minimum atomic E-state index is -0.564. The molecule has 1 saturated heterocycles. The lowest BCUT2D eigenvalue weighted by atomic mass is 9.55. The van der Waals surface area contributed by atoms with Crippen LogP contribution in [0.5, 0.6) is 11.5 Å². The molecular weight excluding hydrogens is 418 g/mol. The number of carbonyl (C=O) groups is 1. The first-order valence-electron chi connectivity index (χ1n) is 12.4. The molecule has 180 valence electrons. The van der Waals surface area contributed by atoms with Crippen molar-refractivity contribution < 1.29 is 24.1 Å². The highest BCUT2D eigenvalue weighted by atomic mass is 16.6. The van der Waals surface area contributed by atoms with Crippen molar-refractivity contribution in [1.29, 1.82) is 0 Å². The second-order valence-corrected chi connectivity index (χ2v) is 10.6. The van der Waals surface area contributed by atoms with Gasteiger partial charge in [0.2, 0.25) is 0 Å². The molecule has 2 fully saturated rings. The molecule has 0 aromatic heterocycles. The maximum Gasteiger partial charge on any atom is 0.311 e. The number of hydrogen-bond acceptors (Lipinski definition) is 6. The van der Waals surface area contributed by atoms with Gasteiger partial charge in [-0.15, -0.1) is 0 Å². The van der Waals surface area contributed by atoms with E-state index >= 15 is 0 Å². The number of carbonyl (C=O) groups excluding carboxylic acids is 1. The lowest BCUT2D eigenvalue weighted by molar-refractivity contribution is -0.145.